The van der Waals surface area contributed by atoms with Gasteiger partial charge in [0.05, 0.1) is 0 Å². The molecule has 15 heavy (non-hydrogen) atoms. The van der Waals surface area contributed by atoms with Crippen molar-refractivity contribution in [3.8, 4) is 10.4 Å². The van der Waals surface area contributed by atoms with Crippen LogP contribution in [-0.4, -0.2) is 11.5 Å². The van der Waals surface area contributed by atoms with Crippen molar-refractivity contribution >= 4 is 11.3 Å². The molecule has 0 aliphatic rings. The Balaban J connectivity index is 2.21. The Kier molecular flexibility index (Phi) is 3.14. The molecule has 1 heterocycles. The molecule has 0 radical (unpaired) electrons. The maximum atomic E-state index is 12.4. The molecule has 1 N–H and O–H groups in total. The Morgan fingerprint density at radius 3 is 2.53 bits per heavy atom. The van der Waals surface area contributed by atoms with Gasteiger partial charge in [0.1, 0.15) is 0 Å². The summed E-state index contributed by atoms with van der Waals surface area (Å²) in [4.78, 5) is 1.97. The van der Waals surface area contributed by atoms with E-state index in [1.54, 1.807) is 0 Å². The SMILES string of the molecule is OC(F)Cc1ccc(-c2ccccc2)s1. The lowest BCUT2D eigenvalue weighted by molar-refractivity contribution is 0.0437. The molecule has 2 aromatic rings. The smallest absolute Gasteiger partial charge is 0.201 e. The fraction of sp³-hybridized carbons (Fsp3) is 0.167. The fourth-order valence-corrected chi connectivity index (χ4v) is 2.44. The summed E-state index contributed by atoms with van der Waals surface area (Å²) in [6, 6.07) is 13.7. The van der Waals surface area contributed by atoms with Crippen LogP contribution in [-0.2, 0) is 6.42 Å². The van der Waals surface area contributed by atoms with Gasteiger partial charge in [-0.2, -0.15) is 0 Å². The van der Waals surface area contributed by atoms with Gasteiger partial charge in [-0.25, -0.2) is 4.39 Å². The highest BCUT2D eigenvalue weighted by atomic mass is 32.1. The van der Waals surface area contributed by atoms with E-state index in [0.29, 0.717) is 0 Å². The van der Waals surface area contributed by atoms with Crippen LogP contribution in [0.25, 0.3) is 10.4 Å². The first-order chi connectivity index (χ1) is 7.25. The van der Waals surface area contributed by atoms with Crippen LogP contribution < -0.4 is 0 Å². The van der Waals surface area contributed by atoms with Crippen LogP contribution in [0.2, 0.25) is 0 Å². The molecule has 78 valence electrons. The van der Waals surface area contributed by atoms with Crippen molar-refractivity contribution < 1.29 is 9.50 Å². The topological polar surface area (TPSA) is 20.2 Å². The van der Waals surface area contributed by atoms with Gasteiger partial charge in [0, 0.05) is 16.2 Å². The third-order valence-electron chi connectivity index (χ3n) is 2.09. The van der Waals surface area contributed by atoms with Gasteiger partial charge in [-0.05, 0) is 17.7 Å². The minimum atomic E-state index is -1.76. The molecule has 1 unspecified atom stereocenters. The highest BCUT2D eigenvalue weighted by molar-refractivity contribution is 7.15. The second kappa shape index (κ2) is 4.55. The summed E-state index contributed by atoms with van der Waals surface area (Å²) in [6.07, 6.45) is -1.68. The summed E-state index contributed by atoms with van der Waals surface area (Å²) in [5.41, 5.74) is 1.13. The van der Waals surface area contributed by atoms with Gasteiger partial charge in [-0.1, -0.05) is 30.3 Å². The molecule has 0 spiro atoms. The maximum absolute atomic E-state index is 12.4. The second-order valence-electron chi connectivity index (χ2n) is 3.27. The van der Waals surface area contributed by atoms with Crippen LogP contribution in [0.3, 0.4) is 0 Å². The number of alkyl halides is 1. The number of aliphatic hydroxyl groups is 1. The molecule has 0 fully saturated rings. The Morgan fingerprint density at radius 2 is 1.87 bits per heavy atom. The fourth-order valence-electron chi connectivity index (χ4n) is 1.41. The largest absolute Gasteiger partial charge is 0.364 e. The van der Waals surface area contributed by atoms with E-state index in [9.17, 15) is 4.39 Å². The maximum Gasteiger partial charge on any atom is 0.201 e. The molecule has 1 atom stereocenters. The molecule has 1 aromatic heterocycles. The predicted octanol–water partition coefficient (Wildman–Crippen LogP) is 3.25. The average Bonchev–Trinajstić information content (AvgIpc) is 2.67. The van der Waals surface area contributed by atoms with Crippen LogP contribution >= 0.6 is 11.3 Å². The number of rotatable bonds is 3. The lowest BCUT2D eigenvalue weighted by Gasteiger charge is -1.97. The van der Waals surface area contributed by atoms with Crippen molar-refractivity contribution in [2.24, 2.45) is 0 Å². The molecule has 0 saturated heterocycles. The summed E-state index contributed by atoms with van der Waals surface area (Å²) in [5.74, 6) is 0. The first-order valence-corrected chi connectivity index (χ1v) is 5.53. The van der Waals surface area contributed by atoms with E-state index in [0.717, 1.165) is 15.3 Å². The Bertz CT molecular complexity index is 422. The third kappa shape index (κ3) is 2.64. The average molecular weight is 222 g/mol. The van der Waals surface area contributed by atoms with E-state index >= 15 is 0 Å². The highest BCUT2D eigenvalue weighted by Gasteiger charge is 2.06. The van der Waals surface area contributed by atoms with E-state index in [-0.39, 0.29) is 6.42 Å². The minimum absolute atomic E-state index is 0.0809. The Hall–Kier alpha value is -1.19. The lowest BCUT2D eigenvalue weighted by Crippen LogP contribution is -1.99. The zero-order valence-electron chi connectivity index (χ0n) is 8.06. The predicted molar refractivity (Wildman–Crippen MR) is 60.6 cm³/mol. The zero-order chi connectivity index (χ0) is 10.7. The molecular weight excluding hydrogens is 211 g/mol. The van der Waals surface area contributed by atoms with Crippen LogP contribution in [0.15, 0.2) is 42.5 Å². The van der Waals surface area contributed by atoms with Gasteiger partial charge >= 0.3 is 0 Å². The van der Waals surface area contributed by atoms with Crippen LogP contribution in [0.4, 0.5) is 4.39 Å². The normalized spacial score (nSPS) is 12.7. The number of thiophene rings is 1. The molecule has 1 aromatic carbocycles. The molecule has 1 nitrogen and oxygen atoms in total. The monoisotopic (exact) mass is 222 g/mol. The second-order valence-corrected chi connectivity index (χ2v) is 4.44. The van der Waals surface area contributed by atoms with Crippen molar-refractivity contribution in [1.29, 1.82) is 0 Å². The first-order valence-electron chi connectivity index (χ1n) is 4.72. The molecule has 0 bridgehead atoms. The quantitative estimate of drug-likeness (QED) is 0.845. The van der Waals surface area contributed by atoms with Crippen LogP contribution in [0, 0.1) is 0 Å². The lowest BCUT2D eigenvalue weighted by atomic mass is 10.2. The summed E-state index contributed by atoms with van der Waals surface area (Å²) in [6.45, 7) is 0. The van der Waals surface area contributed by atoms with Crippen LogP contribution in [0.1, 0.15) is 4.88 Å². The Morgan fingerprint density at radius 1 is 1.13 bits per heavy atom. The molecule has 0 amide bonds. The molecule has 2 rings (SSSR count). The van der Waals surface area contributed by atoms with Crippen molar-refractivity contribution in [2.45, 2.75) is 12.8 Å². The van der Waals surface area contributed by atoms with Gasteiger partial charge in [-0.3, -0.25) is 0 Å². The molecule has 0 saturated carbocycles. The van der Waals surface area contributed by atoms with Gasteiger partial charge < -0.3 is 5.11 Å². The highest BCUT2D eigenvalue weighted by Crippen LogP contribution is 2.28. The van der Waals surface area contributed by atoms with Crippen molar-refractivity contribution in [3.63, 3.8) is 0 Å². The molecule has 0 aliphatic carbocycles. The van der Waals surface area contributed by atoms with E-state index in [4.69, 9.17) is 5.11 Å². The number of hydrogen-bond acceptors (Lipinski definition) is 2. The molecule has 3 heteroatoms. The minimum Gasteiger partial charge on any atom is -0.364 e. The number of halogens is 1. The van der Waals surface area contributed by atoms with Crippen molar-refractivity contribution in [2.75, 3.05) is 0 Å². The zero-order valence-corrected chi connectivity index (χ0v) is 8.88. The summed E-state index contributed by atoms with van der Waals surface area (Å²) in [7, 11) is 0. The van der Waals surface area contributed by atoms with Crippen molar-refractivity contribution in [1.82, 2.24) is 0 Å². The number of benzene rings is 1. The molecular formula is C12H11FOS. The van der Waals surface area contributed by atoms with E-state index in [1.807, 2.05) is 42.5 Å². The summed E-state index contributed by atoms with van der Waals surface area (Å²) >= 11 is 1.51. The van der Waals surface area contributed by atoms with Gasteiger partial charge in [-0.15, -0.1) is 11.3 Å². The van der Waals surface area contributed by atoms with E-state index in [2.05, 4.69) is 0 Å². The number of hydrogen-bond donors (Lipinski definition) is 1. The standard InChI is InChI=1S/C12H11FOS/c13-12(14)8-10-6-7-11(15-10)9-4-2-1-3-5-9/h1-7,12,14H,8H2. The van der Waals surface area contributed by atoms with Gasteiger partial charge in [0.15, 0.2) is 0 Å². The summed E-state index contributed by atoms with van der Waals surface area (Å²) in [5, 5.41) is 8.63. The van der Waals surface area contributed by atoms with Crippen molar-refractivity contribution in [3.05, 3.63) is 47.3 Å². The molecule has 0 aliphatic heterocycles. The summed E-state index contributed by atoms with van der Waals surface area (Å²) < 4.78 is 12.4. The van der Waals surface area contributed by atoms with E-state index in [1.165, 1.54) is 11.3 Å². The van der Waals surface area contributed by atoms with Gasteiger partial charge in [0.25, 0.3) is 0 Å². The van der Waals surface area contributed by atoms with Gasteiger partial charge in [0.2, 0.25) is 6.36 Å². The van der Waals surface area contributed by atoms with E-state index < -0.39 is 6.36 Å². The number of aliphatic hydroxyl groups excluding tert-OH is 1. The Labute approximate surface area is 91.8 Å². The third-order valence-corrected chi connectivity index (χ3v) is 3.25. The first kappa shape index (κ1) is 10.3. The van der Waals surface area contributed by atoms with Crippen LogP contribution in [0.5, 0.6) is 0 Å².